The molecule has 0 amide bonds. The first-order valence-corrected chi connectivity index (χ1v) is 12.4. The van der Waals surface area contributed by atoms with Gasteiger partial charge in [-0.05, 0) is 56.3 Å². The standard InChI is InChI=1S/C28H29ClN4O3/c1-33-14-12-21(13-15-33)36-26-9-5-7-23-27(26)28(31-18-30-23)32-20-10-11-25(22(29)16-20)35-17-19-6-3-4-8-24(19)34-2/h3-11,16,18,21H,12-15,17H2,1-2H3,(H,30,31,32). The second-order valence-electron chi connectivity index (χ2n) is 8.86. The molecule has 1 fully saturated rings. The van der Waals surface area contributed by atoms with Gasteiger partial charge in [0.05, 0.1) is 23.0 Å². The number of aromatic nitrogens is 2. The number of para-hydroxylation sites is 1. The van der Waals surface area contributed by atoms with Crippen molar-refractivity contribution in [2.75, 3.05) is 32.6 Å². The largest absolute Gasteiger partial charge is 0.496 e. The van der Waals surface area contributed by atoms with Gasteiger partial charge in [0.1, 0.15) is 42.1 Å². The second kappa shape index (κ2) is 11.0. The van der Waals surface area contributed by atoms with Gasteiger partial charge in [-0.15, -0.1) is 0 Å². The fraction of sp³-hybridized carbons (Fsp3) is 0.286. The molecule has 2 heterocycles. The molecule has 1 aliphatic heterocycles. The molecular formula is C28H29ClN4O3. The van der Waals surface area contributed by atoms with E-state index in [1.54, 1.807) is 13.4 Å². The molecule has 8 heteroatoms. The number of hydrogen-bond acceptors (Lipinski definition) is 7. The summed E-state index contributed by atoms with van der Waals surface area (Å²) in [6, 6.07) is 19.3. The van der Waals surface area contributed by atoms with Gasteiger partial charge in [-0.1, -0.05) is 35.9 Å². The summed E-state index contributed by atoms with van der Waals surface area (Å²) < 4.78 is 17.8. The minimum atomic E-state index is 0.175. The highest BCUT2D eigenvalue weighted by Crippen LogP contribution is 2.35. The molecule has 3 aromatic carbocycles. The fourth-order valence-electron chi connectivity index (χ4n) is 4.36. The van der Waals surface area contributed by atoms with Gasteiger partial charge in [-0.3, -0.25) is 0 Å². The van der Waals surface area contributed by atoms with E-state index >= 15 is 0 Å². The van der Waals surface area contributed by atoms with Crippen LogP contribution < -0.4 is 19.5 Å². The molecular weight excluding hydrogens is 476 g/mol. The zero-order chi connectivity index (χ0) is 24.9. The Morgan fingerprint density at radius 1 is 0.972 bits per heavy atom. The summed E-state index contributed by atoms with van der Waals surface area (Å²) in [5, 5.41) is 4.74. The van der Waals surface area contributed by atoms with Crippen molar-refractivity contribution in [1.82, 2.24) is 14.9 Å². The Morgan fingerprint density at radius 2 is 1.78 bits per heavy atom. The Kier molecular flexibility index (Phi) is 7.39. The van der Waals surface area contributed by atoms with Crippen LogP contribution in [0.25, 0.3) is 10.9 Å². The number of piperidine rings is 1. The number of fused-ring (bicyclic) bond motifs is 1. The zero-order valence-corrected chi connectivity index (χ0v) is 21.2. The van der Waals surface area contributed by atoms with E-state index < -0.39 is 0 Å². The Labute approximate surface area is 216 Å². The lowest BCUT2D eigenvalue weighted by Crippen LogP contribution is -2.35. The van der Waals surface area contributed by atoms with Crippen LogP contribution in [-0.4, -0.2) is 48.2 Å². The predicted octanol–water partition coefficient (Wildman–Crippen LogP) is 6.09. The Bertz CT molecular complexity index is 1340. The van der Waals surface area contributed by atoms with Crippen LogP contribution in [0.4, 0.5) is 11.5 Å². The predicted molar refractivity (Wildman–Crippen MR) is 143 cm³/mol. The van der Waals surface area contributed by atoms with Gasteiger partial charge >= 0.3 is 0 Å². The first-order valence-electron chi connectivity index (χ1n) is 12.0. The topological polar surface area (TPSA) is 68.7 Å². The average Bonchev–Trinajstić information content (AvgIpc) is 2.90. The van der Waals surface area contributed by atoms with Crippen LogP contribution in [0.5, 0.6) is 17.2 Å². The summed E-state index contributed by atoms with van der Waals surface area (Å²) in [6.07, 6.45) is 3.72. The van der Waals surface area contributed by atoms with Crippen LogP contribution in [0.15, 0.2) is 67.0 Å². The molecule has 1 aliphatic rings. The first-order chi connectivity index (χ1) is 17.6. The molecule has 4 aromatic rings. The number of methoxy groups -OCH3 is 1. The lowest BCUT2D eigenvalue weighted by molar-refractivity contribution is 0.116. The van der Waals surface area contributed by atoms with E-state index in [1.807, 2.05) is 60.7 Å². The number of hydrogen-bond donors (Lipinski definition) is 1. The van der Waals surface area contributed by atoms with E-state index in [4.69, 9.17) is 25.8 Å². The number of ether oxygens (including phenoxy) is 3. The van der Waals surface area contributed by atoms with E-state index in [0.717, 1.165) is 59.6 Å². The number of benzene rings is 3. The van der Waals surface area contributed by atoms with Crippen LogP contribution >= 0.6 is 11.6 Å². The first kappa shape index (κ1) is 24.2. The molecule has 186 valence electrons. The lowest BCUT2D eigenvalue weighted by Gasteiger charge is -2.29. The summed E-state index contributed by atoms with van der Waals surface area (Å²) >= 11 is 6.57. The molecule has 1 saturated heterocycles. The third-order valence-corrected chi connectivity index (χ3v) is 6.65. The molecule has 0 unspecified atom stereocenters. The Morgan fingerprint density at radius 3 is 2.58 bits per heavy atom. The van der Waals surface area contributed by atoms with Crippen molar-refractivity contribution in [3.05, 3.63) is 77.6 Å². The van der Waals surface area contributed by atoms with Gasteiger partial charge in [0, 0.05) is 24.3 Å². The Balaban J connectivity index is 1.34. The minimum absolute atomic E-state index is 0.175. The maximum Gasteiger partial charge on any atom is 0.145 e. The monoisotopic (exact) mass is 504 g/mol. The SMILES string of the molecule is COc1ccccc1COc1ccc(Nc2ncnc3cccc(OC4CCN(C)CC4)c23)cc1Cl. The zero-order valence-electron chi connectivity index (χ0n) is 20.4. The number of nitrogens with zero attached hydrogens (tertiary/aromatic N) is 3. The van der Waals surface area contributed by atoms with E-state index in [9.17, 15) is 0 Å². The van der Waals surface area contributed by atoms with Crippen LogP contribution in [0, 0.1) is 0 Å². The average molecular weight is 505 g/mol. The molecule has 36 heavy (non-hydrogen) atoms. The van der Waals surface area contributed by atoms with Crippen LogP contribution in [0.1, 0.15) is 18.4 Å². The molecule has 0 saturated carbocycles. The van der Waals surface area contributed by atoms with Crippen molar-refractivity contribution in [1.29, 1.82) is 0 Å². The highest BCUT2D eigenvalue weighted by molar-refractivity contribution is 6.32. The second-order valence-corrected chi connectivity index (χ2v) is 9.27. The number of likely N-dealkylation sites (tertiary alicyclic amines) is 1. The number of nitrogens with one attached hydrogen (secondary N) is 1. The summed E-state index contributed by atoms with van der Waals surface area (Å²) in [5.41, 5.74) is 2.56. The van der Waals surface area contributed by atoms with Gasteiger partial charge in [-0.2, -0.15) is 0 Å². The van der Waals surface area contributed by atoms with E-state index in [0.29, 0.717) is 23.2 Å². The quantitative estimate of drug-likeness (QED) is 0.311. The van der Waals surface area contributed by atoms with E-state index in [2.05, 4.69) is 27.2 Å². The fourth-order valence-corrected chi connectivity index (χ4v) is 4.60. The van der Waals surface area contributed by atoms with Gasteiger partial charge in [0.25, 0.3) is 0 Å². The third kappa shape index (κ3) is 5.48. The minimum Gasteiger partial charge on any atom is -0.496 e. The molecule has 0 bridgehead atoms. The molecule has 7 nitrogen and oxygen atoms in total. The smallest absolute Gasteiger partial charge is 0.145 e. The third-order valence-electron chi connectivity index (χ3n) is 6.35. The van der Waals surface area contributed by atoms with E-state index in [1.165, 1.54) is 0 Å². The van der Waals surface area contributed by atoms with Crippen LogP contribution in [-0.2, 0) is 6.61 Å². The van der Waals surface area contributed by atoms with Crippen molar-refractivity contribution in [2.45, 2.75) is 25.6 Å². The normalized spacial score (nSPS) is 14.5. The summed E-state index contributed by atoms with van der Waals surface area (Å²) in [5.74, 6) is 2.82. The highest BCUT2D eigenvalue weighted by atomic mass is 35.5. The lowest BCUT2D eigenvalue weighted by atomic mass is 10.1. The van der Waals surface area contributed by atoms with Crippen LogP contribution in [0.2, 0.25) is 5.02 Å². The molecule has 1 N–H and O–H groups in total. The van der Waals surface area contributed by atoms with Crippen molar-refractivity contribution >= 4 is 34.0 Å². The number of rotatable bonds is 8. The molecule has 5 rings (SSSR count). The maximum absolute atomic E-state index is 6.57. The summed E-state index contributed by atoms with van der Waals surface area (Å²) in [7, 11) is 3.79. The summed E-state index contributed by atoms with van der Waals surface area (Å²) in [4.78, 5) is 11.3. The Hall–Kier alpha value is -3.55. The number of anilines is 2. The van der Waals surface area contributed by atoms with E-state index in [-0.39, 0.29) is 6.10 Å². The van der Waals surface area contributed by atoms with Crippen molar-refractivity contribution < 1.29 is 14.2 Å². The maximum atomic E-state index is 6.57. The highest BCUT2D eigenvalue weighted by Gasteiger charge is 2.20. The van der Waals surface area contributed by atoms with Crippen molar-refractivity contribution in [2.24, 2.45) is 0 Å². The van der Waals surface area contributed by atoms with Gasteiger partial charge in [-0.25, -0.2) is 9.97 Å². The molecule has 0 radical (unpaired) electrons. The van der Waals surface area contributed by atoms with Crippen molar-refractivity contribution in [3.8, 4) is 17.2 Å². The molecule has 0 spiro atoms. The number of halogens is 1. The molecule has 0 aliphatic carbocycles. The summed E-state index contributed by atoms with van der Waals surface area (Å²) in [6.45, 7) is 2.41. The van der Waals surface area contributed by atoms with Gasteiger partial charge in [0.2, 0.25) is 0 Å². The molecule has 0 atom stereocenters. The van der Waals surface area contributed by atoms with Gasteiger partial charge < -0.3 is 24.4 Å². The van der Waals surface area contributed by atoms with Gasteiger partial charge in [0.15, 0.2) is 0 Å². The molecule has 1 aromatic heterocycles. The van der Waals surface area contributed by atoms with Crippen LogP contribution in [0.3, 0.4) is 0 Å². The van der Waals surface area contributed by atoms with Crippen molar-refractivity contribution in [3.63, 3.8) is 0 Å².